The molecule has 0 radical (unpaired) electrons. The number of halogens is 1. The molecule has 1 N–H and O–H groups in total. The van der Waals surface area contributed by atoms with E-state index in [1.54, 1.807) is 40.7 Å². The van der Waals surface area contributed by atoms with Crippen LogP contribution in [0.1, 0.15) is 12.8 Å². The van der Waals surface area contributed by atoms with Crippen LogP contribution in [-0.4, -0.2) is 28.4 Å². The van der Waals surface area contributed by atoms with Crippen LogP contribution in [0.3, 0.4) is 0 Å². The summed E-state index contributed by atoms with van der Waals surface area (Å²) in [7, 11) is 0. The van der Waals surface area contributed by atoms with E-state index in [1.807, 2.05) is 0 Å². The molecule has 1 heterocycles. The highest BCUT2D eigenvalue weighted by Gasteiger charge is 2.24. The maximum absolute atomic E-state index is 11.4. The van der Waals surface area contributed by atoms with Crippen LogP contribution in [0.5, 0.6) is 0 Å². The Morgan fingerprint density at radius 3 is 2.81 bits per heavy atom. The van der Waals surface area contributed by atoms with Gasteiger partial charge in [0.25, 0.3) is 0 Å². The summed E-state index contributed by atoms with van der Waals surface area (Å²) in [4.78, 5) is 28.1. The van der Waals surface area contributed by atoms with Gasteiger partial charge in [0.1, 0.15) is 6.29 Å². The monoisotopic (exact) mass is 324 g/mol. The zero-order valence-electron chi connectivity index (χ0n) is 11.0. The van der Waals surface area contributed by atoms with Crippen molar-refractivity contribution >= 4 is 46.0 Å². The molecule has 0 bridgehead atoms. The minimum Gasteiger partial charge on any atom is -0.481 e. The number of para-hydroxylation sites is 1. The first-order chi connectivity index (χ1) is 10.1. The average Bonchev–Trinajstić information content (AvgIpc) is 2.98. The predicted molar refractivity (Wildman–Crippen MR) is 82.4 cm³/mol. The van der Waals surface area contributed by atoms with Gasteiger partial charge in [-0.05, 0) is 18.6 Å². The van der Waals surface area contributed by atoms with Gasteiger partial charge in [-0.25, -0.2) is 4.98 Å². The fourth-order valence-electron chi connectivity index (χ4n) is 1.93. The van der Waals surface area contributed by atoms with Gasteiger partial charge in [-0.3, -0.25) is 4.79 Å². The molecule has 2 rings (SSSR count). The van der Waals surface area contributed by atoms with Crippen molar-refractivity contribution in [2.24, 2.45) is 0 Å². The molecule has 2 aromatic rings. The second kappa shape index (κ2) is 7.19. The summed E-state index contributed by atoms with van der Waals surface area (Å²) >= 11 is 7.56. The van der Waals surface area contributed by atoms with E-state index in [9.17, 15) is 9.59 Å². The Morgan fingerprint density at radius 1 is 1.48 bits per heavy atom. The molecule has 0 fully saturated rings. The summed E-state index contributed by atoms with van der Waals surface area (Å²) in [6.45, 7) is 0. The molecule has 1 atom stereocenters. The lowest BCUT2D eigenvalue weighted by Crippen LogP contribution is -2.33. The Kier molecular flexibility index (Phi) is 5.30. The van der Waals surface area contributed by atoms with E-state index in [0.717, 1.165) is 6.29 Å². The van der Waals surface area contributed by atoms with Crippen LogP contribution in [0.4, 0.5) is 10.8 Å². The number of nitrogens with zero attached hydrogens (tertiary/aromatic N) is 2. The van der Waals surface area contributed by atoms with Gasteiger partial charge in [0.05, 0.1) is 16.8 Å². The number of hydrogen-bond acceptors (Lipinski definition) is 5. The zero-order chi connectivity index (χ0) is 15.2. The maximum Gasteiger partial charge on any atom is 0.303 e. The van der Waals surface area contributed by atoms with Crippen molar-refractivity contribution in [2.45, 2.75) is 18.9 Å². The topological polar surface area (TPSA) is 70.5 Å². The number of carboxylic acid groups (broad SMARTS) is 1. The quantitative estimate of drug-likeness (QED) is 0.791. The first-order valence-corrected chi connectivity index (χ1v) is 7.49. The summed E-state index contributed by atoms with van der Waals surface area (Å²) in [6.07, 6.45) is 2.44. The fourth-order valence-corrected chi connectivity index (χ4v) is 2.87. The SMILES string of the molecule is O=CC(CCC(=O)O)N(c1nccs1)c1ccccc1Cl. The van der Waals surface area contributed by atoms with E-state index in [2.05, 4.69) is 4.98 Å². The highest BCUT2D eigenvalue weighted by molar-refractivity contribution is 7.13. The van der Waals surface area contributed by atoms with Gasteiger partial charge in [0, 0.05) is 18.0 Å². The number of benzene rings is 1. The van der Waals surface area contributed by atoms with Crippen LogP contribution in [0.15, 0.2) is 35.8 Å². The van der Waals surface area contributed by atoms with Gasteiger partial charge in [0.15, 0.2) is 5.13 Å². The second-order valence-electron chi connectivity index (χ2n) is 4.27. The molecular formula is C14H13ClN2O3S. The first kappa shape index (κ1) is 15.5. The number of aldehydes is 1. The summed E-state index contributed by atoms with van der Waals surface area (Å²) in [5.74, 6) is -0.944. The number of hydrogen-bond donors (Lipinski definition) is 1. The number of rotatable bonds is 7. The Morgan fingerprint density at radius 2 is 2.24 bits per heavy atom. The Labute approximate surface area is 130 Å². The Hall–Kier alpha value is -1.92. The molecule has 110 valence electrons. The number of anilines is 2. The number of carboxylic acids is 1. The molecule has 1 aromatic heterocycles. The molecule has 7 heteroatoms. The average molecular weight is 325 g/mol. The van der Waals surface area contributed by atoms with Gasteiger partial charge in [-0.1, -0.05) is 23.7 Å². The van der Waals surface area contributed by atoms with Crippen molar-refractivity contribution in [1.29, 1.82) is 0 Å². The van der Waals surface area contributed by atoms with E-state index in [0.29, 0.717) is 15.8 Å². The standard InChI is InChI=1S/C14H13ClN2O3S/c15-11-3-1-2-4-12(11)17(14-16-7-8-21-14)10(9-18)5-6-13(19)20/h1-4,7-10H,5-6H2,(H,19,20). The van der Waals surface area contributed by atoms with Gasteiger partial charge in [0.2, 0.25) is 0 Å². The second-order valence-corrected chi connectivity index (χ2v) is 5.55. The summed E-state index contributed by atoms with van der Waals surface area (Å²) in [5.41, 5.74) is 0.636. The molecule has 1 unspecified atom stereocenters. The number of aliphatic carboxylic acids is 1. The van der Waals surface area contributed by atoms with Crippen molar-refractivity contribution in [2.75, 3.05) is 4.90 Å². The molecule has 0 amide bonds. The van der Waals surface area contributed by atoms with Crippen LogP contribution in [0.2, 0.25) is 5.02 Å². The third-order valence-corrected chi connectivity index (χ3v) is 3.97. The van der Waals surface area contributed by atoms with Crippen molar-refractivity contribution in [3.05, 3.63) is 40.9 Å². The van der Waals surface area contributed by atoms with Gasteiger partial charge < -0.3 is 14.8 Å². The normalized spacial score (nSPS) is 11.9. The minimum atomic E-state index is -0.944. The minimum absolute atomic E-state index is 0.101. The molecule has 0 aliphatic heterocycles. The van der Waals surface area contributed by atoms with Crippen LogP contribution in [0.25, 0.3) is 0 Å². The third kappa shape index (κ3) is 3.80. The summed E-state index contributed by atoms with van der Waals surface area (Å²) < 4.78 is 0. The van der Waals surface area contributed by atoms with Gasteiger partial charge in [-0.15, -0.1) is 11.3 Å². The molecule has 0 aliphatic carbocycles. The molecular weight excluding hydrogens is 312 g/mol. The lowest BCUT2D eigenvalue weighted by atomic mass is 10.1. The van der Waals surface area contributed by atoms with Crippen LogP contribution in [0, 0.1) is 0 Å². The van der Waals surface area contributed by atoms with Gasteiger partial charge in [-0.2, -0.15) is 0 Å². The lowest BCUT2D eigenvalue weighted by molar-refractivity contribution is -0.137. The van der Waals surface area contributed by atoms with E-state index >= 15 is 0 Å². The molecule has 1 aromatic carbocycles. The van der Waals surface area contributed by atoms with E-state index in [-0.39, 0.29) is 12.8 Å². The third-order valence-electron chi connectivity index (χ3n) is 2.88. The number of aromatic nitrogens is 1. The molecule has 21 heavy (non-hydrogen) atoms. The van der Waals surface area contributed by atoms with E-state index in [1.165, 1.54) is 11.3 Å². The largest absolute Gasteiger partial charge is 0.481 e. The maximum atomic E-state index is 11.4. The number of carbonyl (C=O) groups is 2. The lowest BCUT2D eigenvalue weighted by Gasteiger charge is -2.28. The van der Waals surface area contributed by atoms with Crippen molar-refractivity contribution in [3.63, 3.8) is 0 Å². The van der Waals surface area contributed by atoms with Crippen molar-refractivity contribution in [1.82, 2.24) is 4.98 Å². The fraction of sp³-hybridized carbons (Fsp3) is 0.214. The predicted octanol–water partition coefficient (Wildman–Crippen LogP) is 3.37. The Bertz CT molecular complexity index is 618. The smallest absolute Gasteiger partial charge is 0.303 e. The highest BCUT2D eigenvalue weighted by atomic mass is 35.5. The Balaban J connectivity index is 2.38. The molecule has 0 saturated carbocycles. The first-order valence-electron chi connectivity index (χ1n) is 6.24. The van der Waals surface area contributed by atoms with Crippen molar-refractivity contribution < 1.29 is 14.7 Å². The van der Waals surface area contributed by atoms with Crippen LogP contribution >= 0.6 is 22.9 Å². The molecule has 0 aliphatic rings. The molecule has 0 saturated heterocycles. The summed E-state index contributed by atoms with van der Waals surface area (Å²) in [5, 5.41) is 11.7. The highest BCUT2D eigenvalue weighted by Crippen LogP contribution is 2.35. The number of thiazole rings is 1. The van der Waals surface area contributed by atoms with Crippen molar-refractivity contribution in [3.8, 4) is 0 Å². The zero-order valence-corrected chi connectivity index (χ0v) is 12.5. The van der Waals surface area contributed by atoms with Gasteiger partial charge >= 0.3 is 5.97 Å². The van der Waals surface area contributed by atoms with Crippen LogP contribution in [-0.2, 0) is 9.59 Å². The number of carbonyl (C=O) groups excluding carboxylic acids is 1. The molecule has 5 nitrogen and oxygen atoms in total. The van der Waals surface area contributed by atoms with E-state index < -0.39 is 12.0 Å². The summed E-state index contributed by atoms with van der Waals surface area (Å²) in [6, 6.07) is 6.46. The van der Waals surface area contributed by atoms with E-state index in [4.69, 9.17) is 16.7 Å². The molecule has 0 spiro atoms. The van der Waals surface area contributed by atoms with Crippen LogP contribution < -0.4 is 4.90 Å².